The molecule has 1 heterocycles. The Hall–Kier alpha value is -1.51. The minimum atomic E-state index is 0.172. The number of carbonyl (C=O) groups excluding carboxylic acids is 1. The van der Waals surface area contributed by atoms with Gasteiger partial charge in [0.15, 0.2) is 0 Å². The molecule has 1 aromatic carbocycles. The maximum absolute atomic E-state index is 12.5. The van der Waals surface area contributed by atoms with Crippen LogP contribution < -0.4 is 5.32 Å². The summed E-state index contributed by atoms with van der Waals surface area (Å²) in [4.78, 5) is 14.5. The number of hydrogen-bond donors (Lipinski definition) is 1. The van der Waals surface area contributed by atoms with E-state index in [-0.39, 0.29) is 5.91 Å². The van der Waals surface area contributed by atoms with Gasteiger partial charge in [0, 0.05) is 30.9 Å². The molecule has 3 heteroatoms. The van der Waals surface area contributed by atoms with Crippen LogP contribution in [0, 0.1) is 11.8 Å². The normalized spacial score (nSPS) is 22.6. The van der Waals surface area contributed by atoms with Crippen molar-refractivity contribution < 1.29 is 4.79 Å². The molecule has 1 aliphatic rings. The van der Waals surface area contributed by atoms with Crippen molar-refractivity contribution in [1.29, 1.82) is 0 Å². The SMILES string of the molecule is CCCNc1ccc(C(=O)N2CCC(C)C(C)C2)cc1. The summed E-state index contributed by atoms with van der Waals surface area (Å²) in [7, 11) is 0. The van der Waals surface area contributed by atoms with Crippen LogP contribution in [0.25, 0.3) is 0 Å². The van der Waals surface area contributed by atoms with Gasteiger partial charge in [-0.3, -0.25) is 4.79 Å². The maximum atomic E-state index is 12.5. The molecule has 3 nitrogen and oxygen atoms in total. The Morgan fingerprint density at radius 2 is 1.95 bits per heavy atom. The standard InChI is InChI=1S/C17H26N2O/c1-4-10-18-16-7-5-15(6-8-16)17(20)19-11-9-13(2)14(3)12-19/h5-8,13-14,18H,4,9-12H2,1-3H3. The highest BCUT2D eigenvalue weighted by Gasteiger charge is 2.26. The van der Waals surface area contributed by atoms with Crippen molar-refractivity contribution in [2.75, 3.05) is 25.0 Å². The first-order valence-corrected chi connectivity index (χ1v) is 7.75. The summed E-state index contributed by atoms with van der Waals surface area (Å²) >= 11 is 0. The van der Waals surface area contributed by atoms with Crippen LogP contribution in [-0.4, -0.2) is 30.4 Å². The van der Waals surface area contributed by atoms with Gasteiger partial charge >= 0.3 is 0 Å². The average molecular weight is 274 g/mol. The fourth-order valence-electron chi connectivity index (χ4n) is 2.63. The third-order valence-corrected chi connectivity index (χ3v) is 4.33. The van der Waals surface area contributed by atoms with Crippen LogP contribution >= 0.6 is 0 Å². The number of nitrogens with zero attached hydrogens (tertiary/aromatic N) is 1. The summed E-state index contributed by atoms with van der Waals surface area (Å²) in [5.74, 6) is 1.49. The van der Waals surface area contributed by atoms with Crippen LogP contribution in [0.2, 0.25) is 0 Å². The number of anilines is 1. The molecule has 2 rings (SSSR count). The van der Waals surface area contributed by atoms with Gasteiger partial charge in [-0.15, -0.1) is 0 Å². The lowest BCUT2D eigenvalue weighted by molar-refractivity contribution is 0.0627. The molecule has 0 saturated carbocycles. The van der Waals surface area contributed by atoms with Crippen molar-refractivity contribution >= 4 is 11.6 Å². The molecule has 0 bridgehead atoms. The molecular formula is C17H26N2O. The van der Waals surface area contributed by atoms with Gasteiger partial charge in [0.05, 0.1) is 0 Å². The van der Waals surface area contributed by atoms with Gasteiger partial charge in [0.2, 0.25) is 0 Å². The van der Waals surface area contributed by atoms with Crippen molar-refractivity contribution in [3.05, 3.63) is 29.8 Å². The second-order valence-electron chi connectivity index (χ2n) is 6.00. The molecule has 2 atom stereocenters. The van der Waals surface area contributed by atoms with Gasteiger partial charge < -0.3 is 10.2 Å². The van der Waals surface area contributed by atoms with E-state index in [0.717, 1.165) is 49.6 Å². The van der Waals surface area contributed by atoms with Crippen molar-refractivity contribution in [1.82, 2.24) is 4.90 Å². The summed E-state index contributed by atoms with van der Waals surface area (Å²) in [6.45, 7) is 9.40. The van der Waals surface area contributed by atoms with Gasteiger partial charge in [-0.25, -0.2) is 0 Å². The third-order valence-electron chi connectivity index (χ3n) is 4.33. The first-order chi connectivity index (χ1) is 9.61. The molecule has 0 radical (unpaired) electrons. The Morgan fingerprint density at radius 1 is 1.25 bits per heavy atom. The van der Waals surface area contributed by atoms with Crippen molar-refractivity contribution in [2.24, 2.45) is 11.8 Å². The first kappa shape index (κ1) is 14.9. The lowest BCUT2D eigenvalue weighted by Gasteiger charge is -2.35. The molecule has 1 amide bonds. The molecule has 2 unspecified atom stereocenters. The fourth-order valence-corrected chi connectivity index (χ4v) is 2.63. The Balaban J connectivity index is 1.98. The van der Waals surface area contributed by atoms with E-state index >= 15 is 0 Å². The highest BCUT2D eigenvalue weighted by Crippen LogP contribution is 2.24. The zero-order chi connectivity index (χ0) is 14.5. The van der Waals surface area contributed by atoms with Crippen LogP contribution in [0.4, 0.5) is 5.69 Å². The topological polar surface area (TPSA) is 32.3 Å². The highest BCUT2D eigenvalue weighted by atomic mass is 16.2. The number of likely N-dealkylation sites (tertiary alicyclic amines) is 1. The van der Waals surface area contributed by atoms with Crippen molar-refractivity contribution in [3.63, 3.8) is 0 Å². The zero-order valence-electron chi connectivity index (χ0n) is 12.9. The number of hydrogen-bond acceptors (Lipinski definition) is 2. The van der Waals surface area contributed by atoms with E-state index in [1.165, 1.54) is 0 Å². The molecule has 0 spiro atoms. The molecule has 1 N–H and O–H groups in total. The summed E-state index contributed by atoms with van der Waals surface area (Å²) < 4.78 is 0. The summed E-state index contributed by atoms with van der Waals surface area (Å²) in [5.41, 5.74) is 1.89. The number of rotatable bonds is 4. The molecular weight excluding hydrogens is 248 g/mol. The van der Waals surface area contributed by atoms with Crippen LogP contribution in [0.1, 0.15) is 44.0 Å². The maximum Gasteiger partial charge on any atom is 0.253 e. The van der Waals surface area contributed by atoms with E-state index < -0.39 is 0 Å². The Bertz CT molecular complexity index is 441. The minimum Gasteiger partial charge on any atom is -0.385 e. The zero-order valence-corrected chi connectivity index (χ0v) is 12.9. The van der Waals surface area contributed by atoms with Gasteiger partial charge in [-0.2, -0.15) is 0 Å². The summed E-state index contributed by atoms with van der Waals surface area (Å²) in [6.07, 6.45) is 2.22. The van der Waals surface area contributed by atoms with Gasteiger partial charge in [0.25, 0.3) is 5.91 Å². The smallest absolute Gasteiger partial charge is 0.253 e. The minimum absolute atomic E-state index is 0.172. The number of amides is 1. The number of piperidine rings is 1. The van der Waals surface area contributed by atoms with Crippen LogP contribution in [0.5, 0.6) is 0 Å². The highest BCUT2D eigenvalue weighted by molar-refractivity contribution is 5.94. The van der Waals surface area contributed by atoms with E-state index in [2.05, 4.69) is 26.1 Å². The lowest BCUT2D eigenvalue weighted by atomic mass is 9.88. The van der Waals surface area contributed by atoms with E-state index in [4.69, 9.17) is 0 Å². The van der Waals surface area contributed by atoms with Crippen LogP contribution in [0.3, 0.4) is 0 Å². The predicted molar refractivity (Wildman–Crippen MR) is 84.1 cm³/mol. The molecule has 1 saturated heterocycles. The second kappa shape index (κ2) is 6.78. The number of carbonyl (C=O) groups is 1. The average Bonchev–Trinajstić information content (AvgIpc) is 2.48. The monoisotopic (exact) mass is 274 g/mol. The summed E-state index contributed by atoms with van der Waals surface area (Å²) in [5, 5.41) is 3.33. The van der Waals surface area contributed by atoms with Crippen LogP contribution in [-0.2, 0) is 0 Å². The Kier molecular flexibility index (Phi) is 5.05. The van der Waals surface area contributed by atoms with E-state index in [9.17, 15) is 4.79 Å². The number of benzene rings is 1. The predicted octanol–water partition coefficient (Wildman–Crippen LogP) is 3.63. The molecule has 1 aliphatic heterocycles. The van der Waals surface area contributed by atoms with Gasteiger partial charge in [-0.05, 0) is 48.9 Å². The van der Waals surface area contributed by atoms with E-state index in [0.29, 0.717) is 5.92 Å². The van der Waals surface area contributed by atoms with Crippen molar-refractivity contribution in [2.45, 2.75) is 33.6 Å². The van der Waals surface area contributed by atoms with Crippen molar-refractivity contribution in [3.8, 4) is 0 Å². The van der Waals surface area contributed by atoms with E-state index in [1.807, 2.05) is 29.2 Å². The summed E-state index contributed by atoms with van der Waals surface area (Å²) in [6, 6.07) is 7.86. The Morgan fingerprint density at radius 3 is 2.55 bits per heavy atom. The molecule has 0 aliphatic carbocycles. The quantitative estimate of drug-likeness (QED) is 0.909. The molecule has 1 fully saturated rings. The third kappa shape index (κ3) is 3.53. The molecule has 1 aromatic rings. The van der Waals surface area contributed by atoms with Gasteiger partial charge in [-0.1, -0.05) is 20.8 Å². The first-order valence-electron chi connectivity index (χ1n) is 7.75. The second-order valence-corrected chi connectivity index (χ2v) is 6.00. The lowest BCUT2D eigenvalue weighted by Crippen LogP contribution is -2.42. The van der Waals surface area contributed by atoms with Crippen LogP contribution in [0.15, 0.2) is 24.3 Å². The fraction of sp³-hybridized carbons (Fsp3) is 0.588. The molecule has 110 valence electrons. The molecule has 0 aromatic heterocycles. The number of nitrogens with one attached hydrogen (secondary N) is 1. The molecule has 20 heavy (non-hydrogen) atoms. The van der Waals surface area contributed by atoms with Gasteiger partial charge in [0.1, 0.15) is 0 Å². The van der Waals surface area contributed by atoms with E-state index in [1.54, 1.807) is 0 Å². The Labute approximate surface area is 122 Å². The largest absolute Gasteiger partial charge is 0.385 e.